The highest BCUT2D eigenvalue weighted by molar-refractivity contribution is 5.74. The van der Waals surface area contributed by atoms with Crippen LogP contribution in [0, 0.1) is 0 Å². The monoisotopic (exact) mass is 240 g/mol. The maximum Gasteiger partial charge on any atom is 0.150 e. The second-order valence-electron chi connectivity index (χ2n) is 4.12. The highest BCUT2D eigenvalue weighted by atomic mass is 16.5. The van der Waals surface area contributed by atoms with Gasteiger partial charge in [0.15, 0.2) is 0 Å². The number of rotatable bonds is 6. The van der Waals surface area contributed by atoms with E-state index in [0.717, 1.165) is 24.9 Å². The van der Waals surface area contributed by atoms with E-state index in [2.05, 4.69) is 12.1 Å². The molecule has 0 aromatic heterocycles. The number of ether oxygens (including phenoxy) is 1. The van der Waals surface area contributed by atoms with Crippen molar-refractivity contribution in [1.82, 2.24) is 0 Å². The average Bonchev–Trinajstić information content (AvgIpc) is 2.45. The largest absolute Gasteiger partial charge is 0.494 e. The molecule has 0 fully saturated rings. The number of carbonyl (C=O) groups is 1. The summed E-state index contributed by atoms with van der Waals surface area (Å²) in [6.45, 7) is 0.690. The van der Waals surface area contributed by atoms with Gasteiger partial charge in [-0.25, -0.2) is 0 Å². The molecule has 2 nitrogen and oxygen atoms in total. The van der Waals surface area contributed by atoms with Gasteiger partial charge in [0.25, 0.3) is 0 Å². The minimum atomic E-state index is 0.673. The molecule has 0 saturated heterocycles. The van der Waals surface area contributed by atoms with Gasteiger partial charge in [-0.2, -0.15) is 0 Å². The van der Waals surface area contributed by atoms with Gasteiger partial charge in [-0.1, -0.05) is 30.3 Å². The highest BCUT2D eigenvalue weighted by Gasteiger charge is 1.96. The molecule has 0 spiro atoms. The van der Waals surface area contributed by atoms with E-state index in [1.54, 1.807) is 12.1 Å². The van der Waals surface area contributed by atoms with Crippen molar-refractivity contribution in [2.24, 2.45) is 0 Å². The van der Waals surface area contributed by atoms with Crippen LogP contribution in [-0.4, -0.2) is 12.9 Å². The van der Waals surface area contributed by atoms with E-state index in [9.17, 15) is 4.79 Å². The number of carbonyl (C=O) groups excluding carboxylic acids is 1. The fourth-order valence-electron chi connectivity index (χ4n) is 1.75. The Labute approximate surface area is 107 Å². The van der Waals surface area contributed by atoms with Crippen LogP contribution in [0.5, 0.6) is 5.75 Å². The van der Waals surface area contributed by atoms with Crippen molar-refractivity contribution in [1.29, 1.82) is 0 Å². The quantitative estimate of drug-likeness (QED) is 0.570. The molecule has 0 aliphatic carbocycles. The minimum Gasteiger partial charge on any atom is -0.494 e. The van der Waals surface area contributed by atoms with Crippen LogP contribution in [-0.2, 0) is 6.42 Å². The summed E-state index contributed by atoms with van der Waals surface area (Å²) in [4.78, 5) is 10.5. The van der Waals surface area contributed by atoms with Gasteiger partial charge in [-0.05, 0) is 42.7 Å². The van der Waals surface area contributed by atoms with Gasteiger partial charge in [0.2, 0.25) is 0 Å². The zero-order valence-corrected chi connectivity index (χ0v) is 10.2. The molecule has 2 heteroatoms. The molecular weight excluding hydrogens is 224 g/mol. The number of hydrogen-bond acceptors (Lipinski definition) is 2. The molecule has 0 aliphatic heterocycles. The van der Waals surface area contributed by atoms with Crippen molar-refractivity contribution in [2.45, 2.75) is 12.8 Å². The second-order valence-corrected chi connectivity index (χ2v) is 4.12. The Morgan fingerprint density at radius 2 is 1.67 bits per heavy atom. The van der Waals surface area contributed by atoms with Crippen molar-refractivity contribution in [3.63, 3.8) is 0 Å². The fourth-order valence-corrected chi connectivity index (χ4v) is 1.75. The van der Waals surface area contributed by atoms with Gasteiger partial charge < -0.3 is 4.74 Å². The summed E-state index contributed by atoms with van der Waals surface area (Å²) in [6, 6.07) is 17.5. The molecule has 2 aromatic rings. The lowest BCUT2D eigenvalue weighted by atomic mass is 10.1. The van der Waals surface area contributed by atoms with Crippen LogP contribution < -0.4 is 4.74 Å². The van der Waals surface area contributed by atoms with E-state index in [4.69, 9.17) is 4.74 Å². The summed E-state index contributed by atoms with van der Waals surface area (Å²) in [6.07, 6.45) is 2.84. The van der Waals surface area contributed by atoms with E-state index in [1.165, 1.54) is 5.56 Å². The molecule has 0 unspecified atom stereocenters. The SMILES string of the molecule is O=Cc1ccc(OCCCc2ccccc2)cc1. The first-order valence-corrected chi connectivity index (χ1v) is 6.10. The summed E-state index contributed by atoms with van der Waals surface area (Å²) in [5.41, 5.74) is 2.00. The molecule has 0 bridgehead atoms. The predicted molar refractivity (Wildman–Crippen MR) is 72.1 cm³/mol. The third kappa shape index (κ3) is 3.74. The average molecular weight is 240 g/mol. The maximum absolute atomic E-state index is 10.5. The molecule has 2 aromatic carbocycles. The van der Waals surface area contributed by atoms with Crippen molar-refractivity contribution in [3.05, 3.63) is 65.7 Å². The topological polar surface area (TPSA) is 26.3 Å². The van der Waals surface area contributed by atoms with Gasteiger partial charge in [0.1, 0.15) is 12.0 Å². The van der Waals surface area contributed by atoms with Gasteiger partial charge >= 0.3 is 0 Å². The third-order valence-electron chi connectivity index (χ3n) is 2.74. The van der Waals surface area contributed by atoms with Crippen LogP contribution in [0.4, 0.5) is 0 Å². The van der Waals surface area contributed by atoms with E-state index in [0.29, 0.717) is 12.2 Å². The van der Waals surface area contributed by atoms with Crippen LogP contribution in [0.3, 0.4) is 0 Å². The predicted octanol–water partition coefficient (Wildman–Crippen LogP) is 3.51. The molecule has 0 aliphatic rings. The number of hydrogen-bond donors (Lipinski definition) is 0. The summed E-state index contributed by atoms with van der Waals surface area (Å²) in [7, 11) is 0. The van der Waals surface area contributed by atoms with E-state index in [1.807, 2.05) is 30.3 Å². The number of benzene rings is 2. The van der Waals surface area contributed by atoms with E-state index < -0.39 is 0 Å². The Hall–Kier alpha value is -2.09. The van der Waals surface area contributed by atoms with Crippen molar-refractivity contribution in [3.8, 4) is 5.75 Å². The van der Waals surface area contributed by atoms with Crippen LogP contribution in [0.15, 0.2) is 54.6 Å². The van der Waals surface area contributed by atoms with Crippen LogP contribution >= 0.6 is 0 Å². The maximum atomic E-state index is 10.5. The highest BCUT2D eigenvalue weighted by Crippen LogP contribution is 2.12. The van der Waals surface area contributed by atoms with Gasteiger partial charge in [0.05, 0.1) is 6.61 Å². The minimum absolute atomic E-state index is 0.673. The first kappa shape index (κ1) is 12.4. The standard InChI is InChI=1S/C16H16O2/c17-13-15-8-10-16(11-9-15)18-12-4-7-14-5-2-1-3-6-14/h1-3,5-6,8-11,13H,4,7,12H2. The Balaban J connectivity index is 1.73. The Morgan fingerprint density at radius 1 is 0.944 bits per heavy atom. The van der Waals surface area contributed by atoms with Crippen molar-refractivity contribution in [2.75, 3.05) is 6.61 Å². The van der Waals surface area contributed by atoms with E-state index in [-0.39, 0.29) is 0 Å². The first-order chi connectivity index (χ1) is 8.88. The molecule has 0 amide bonds. The van der Waals surface area contributed by atoms with Gasteiger partial charge in [-0.15, -0.1) is 0 Å². The fraction of sp³-hybridized carbons (Fsp3) is 0.188. The Morgan fingerprint density at radius 3 is 2.33 bits per heavy atom. The normalized spacial score (nSPS) is 10.0. The zero-order valence-electron chi connectivity index (χ0n) is 10.2. The summed E-state index contributed by atoms with van der Waals surface area (Å²) in [5, 5.41) is 0. The van der Waals surface area contributed by atoms with Gasteiger partial charge in [0, 0.05) is 5.56 Å². The smallest absolute Gasteiger partial charge is 0.150 e. The summed E-state index contributed by atoms with van der Waals surface area (Å²) < 4.78 is 5.61. The Bertz CT molecular complexity index is 474. The lowest BCUT2D eigenvalue weighted by molar-refractivity contribution is 0.112. The zero-order chi connectivity index (χ0) is 12.6. The van der Waals surface area contributed by atoms with Crippen LogP contribution in [0.25, 0.3) is 0 Å². The molecule has 0 atom stereocenters. The second kappa shape index (κ2) is 6.60. The Kier molecular flexibility index (Phi) is 4.53. The third-order valence-corrected chi connectivity index (χ3v) is 2.74. The molecule has 0 heterocycles. The molecule has 18 heavy (non-hydrogen) atoms. The summed E-state index contributed by atoms with van der Waals surface area (Å²) >= 11 is 0. The van der Waals surface area contributed by atoms with Crippen molar-refractivity contribution >= 4 is 6.29 Å². The molecule has 92 valence electrons. The molecule has 2 rings (SSSR count). The van der Waals surface area contributed by atoms with Crippen molar-refractivity contribution < 1.29 is 9.53 Å². The lowest BCUT2D eigenvalue weighted by Gasteiger charge is -2.06. The summed E-state index contributed by atoms with van der Waals surface area (Å²) in [5.74, 6) is 0.814. The molecular formula is C16H16O2. The van der Waals surface area contributed by atoms with Gasteiger partial charge in [-0.3, -0.25) is 4.79 Å². The lowest BCUT2D eigenvalue weighted by Crippen LogP contribution is -1.99. The first-order valence-electron chi connectivity index (χ1n) is 6.10. The molecule has 0 radical (unpaired) electrons. The van der Waals surface area contributed by atoms with Crippen LogP contribution in [0.1, 0.15) is 22.3 Å². The number of aryl methyl sites for hydroxylation is 1. The molecule has 0 saturated carbocycles. The van der Waals surface area contributed by atoms with E-state index >= 15 is 0 Å². The van der Waals surface area contributed by atoms with Crippen LogP contribution in [0.2, 0.25) is 0 Å². The molecule has 0 N–H and O–H groups in total. The number of aldehydes is 1.